The van der Waals surface area contributed by atoms with Crippen LogP contribution < -0.4 is 5.32 Å². The van der Waals surface area contributed by atoms with Gasteiger partial charge < -0.3 is 15.2 Å². The molecular formula is C15H18Cl2N2O3. The minimum absolute atomic E-state index is 0.0600. The van der Waals surface area contributed by atoms with Gasteiger partial charge in [-0.05, 0) is 44.5 Å². The minimum Gasteiger partial charge on any atom is -0.476 e. The summed E-state index contributed by atoms with van der Waals surface area (Å²) in [5, 5.41) is 12.4. The van der Waals surface area contributed by atoms with E-state index in [1.165, 1.54) is 0 Å². The van der Waals surface area contributed by atoms with Crippen molar-refractivity contribution in [2.24, 2.45) is 4.99 Å². The van der Waals surface area contributed by atoms with E-state index < -0.39 is 12.1 Å². The van der Waals surface area contributed by atoms with Gasteiger partial charge in [-0.1, -0.05) is 23.2 Å². The maximum Gasteiger partial charge on any atom is 0.405 e. The van der Waals surface area contributed by atoms with Gasteiger partial charge in [-0.2, -0.15) is 0 Å². The standard InChI is InChI=1S/C15H18Cl2N2O3/c1-8-7-15(2,3)19-13(22-8)12(18-14(20)21)9-4-10(16)6-11(17)5-9/h4-6,8,12,18H,7H2,1-3H3,(H,20,21). The predicted molar refractivity (Wildman–Crippen MR) is 87.0 cm³/mol. The monoisotopic (exact) mass is 344 g/mol. The number of nitrogens with one attached hydrogen (secondary N) is 1. The minimum atomic E-state index is -1.18. The zero-order valence-electron chi connectivity index (χ0n) is 12.6. The molecule has 2 N–H and O–H groups in total. The first-order valence-electron chi connectivity index (χ1n) is 6.88. The molecule has 120 valence electrons. The van der Waals surface area contributed by atoms with Crippen molar-refractivity contribution in [3.05, 3.63) is 33.8 Å². The number of halogens is 2. The molecule has 0 saturated heterocycles. The van der Waals surface area contributed by atoms with E-state index in [-0.39, 0.29) is 11.6 Å². The van der Waals surface area contributed by atoms with E-state index in [4.69, 9.17) is 33.0 Å². The summed E-state index contributed by atoms with van der Waals surface area (Å²) in [4.78, 5) is 15.7. The normalized spacial score (nSPS) is 21.5. The average Bonchev–Trinajstić information content (AvgIpc) is 2.31. The second-order valence-corrected chi connectivity index (χ2v) is 6.85. The molecule has 1 amide bonds. The smallest absolute Gasteiger partial charge is 0.405 e. The molecule has 1 aromatic carbocycles. The summed E-state index contributed by atoms with van der Waals surface area (Å²) in [5.74, 6) is 0.324. The molecule has 7 heteroatoms. The molecule has 1 aliphatic rings. The molecule has 2 atom stereocenters. The molecule has 0 aliphatic carbocycles. The number of hydrogen-bond acceptors (Lipinski definition) is 3. The molecule has 1 heterocycles. The van der Waals surface area contributed by atoms with E-state index in [0.29, 0.717) is 21.5 Å². The van der Waals surface area contributed by atoms with Gasteiger partial charge in [0.15, 0.2) is 0 Å². The number of rotatable bonds is 3. The highest BCUT2D eigenvalue weighted by molar-refractivity contribution is 6.34. The Balaban J connectivity index is 2.46. The van der Waals surface area contributed by atoms with Crippen LogP contribution in [0, 0.1) is 0 Å². The lowest BCUT2D eigenvalue weighted by molar-refractivity contribution is 0.132. The van der Waals surface area contributed by atoms with Crippen LogP contribution in [0.3, 0.4) is 0 Å². The van der Waals surface area contributed by atoms with Crippen LogP contribution in [-0.4, -0.2) is 28.7 Å². The number of amides is 1. The first kappa shape index (κ1) is 16.9. The van der Waals surface area contributed by atoms with Crippen molar-refractivity contribution < 1.29 is 14.6 Å². The highest BCUT2D eigenvalue weighted by atomic mass is 35.5. The number of carboxylic acid groups (broad SMARTS) is 1. The molecule has 2 unspecified atom stereocenters. The van der Waals surface area contributed by atoms with Gasteiger partial charge >= 0.3 is 6.09 Å². The maximum absolute atomic E-state index is 11.2. The van der Waals surface area contributed by atoms with Crippen molar-refractivity contribution in [3.8, 4) is 0 Å². The first-order valence-corrected chi connectivity index (χ1v) is 7.64. The lowest BCUT2D eigenvalue weighted by Gasteiger charge is -2.34. The summed E-state index contributed by atoms with van der Waals surface area (Å²) in [6.07, 6.45) is -0.481. The molecular weight excluding hydrogens is 327 g/mol. The molecule has 1 aliphatic heterocycles. The molecule has 2 rings (SSSR count). The van der Waals surface area contributed by atoms with Crippen molar-refractivity contribution in [2.45, 2.75) is 44.9 Å². The predicted octanol–water partition coefficient (Wildman–Crippen LogP) is 4.29. The van der Waals surface area contributed by atoms with Crippen molar-refractivity contribution >= 4 is 35.2 Å². The molecule has 0 radical (unpaired) electrons. The van der Waals surface area contributed by atoms with E-state index >= 15 is 0 Å². The van der Waals surface area contributed by atoms with E-state index in [1.807, 2.05) is 20.8 Å². The second-order valence-electron chi connectivity index (χ2n) is 5.98. The molecule has 0 aromatic heterocycles. The zero-order chi connectivity index (χ0) is 16.5. The van der Waals surface area contributed by atoms with Crippen LogP contribution in [0.25, 0.3) is 0 Å². The van der Waals surface area contributed by atoms with Crippen LogP contribution >= 0.6 is 23.2 Å². The third-order valence-electron chi connectivity index (χ3n) is 3.25. The third-order valence-corrected chi connectivity index (χ3v) is 3.69. The molecule has 0 spiro atoms. The van der Waals surface area contributed by atoms with Gasteiger partial charge in [0.2, 0.25) is 5.90 Å². The van der Waals surface area contributed by atoms with Crippen molar-refractivity contribution in [1.82, 2.24) is 5.32 Å². The highest BCUT2D eigenvalue weighted by Gasteiger charge is 2.33. The Morgan fingerprint density at radius 1 is 1.41 bits per heavy atom. The van der Waals surface area contributed by atoms with Crippen molar-refractivity contribution in [2.75, 3.05) is 0 Å². The maximum atomic E-state index is 11.2. The van der Waals surface area contributed by atoms with Crippen LogP contribution in [-0.2, 0) is 4.74 Å². The molecule has 0 bridgehead atoms. The van der Waals surface area contributed by atoms with Gasteiger partial charge in [0, 0.05) is 16.5 Å². The van der Waals surface area contributed by atoms with Crippen LogP contribution in [0.15, 0.2) is 23.2 Å². The summed E-state index contributed by atoms with van der Waals surface area (Å²) >= 11 is 12.0. The van der Waals surface area contributed by atoms with Crippen molar-refractivity contribution in [3.63, 3.8) is 0 Å². The fourth-order valence-corrected chi connectivity index (χ4v) is 3.15. The van der Waals surface area contributed by atoms with Crippen LogP contribution in [0.4, 0.5) is 4.79 Å². The number of nitrogens with zero attached hydrogens (tertiary/aromatic N) is 1. The van der Waals surface area contributed by atoms with Gasteiger partial charge in [0.05, 0.1) is 11.6 Å². The van der Waals surface area contributed by atoms with Crippen LogP contribution in [0.1, 0.15) is 38.8 Å². The first-order chi connectivity index (χ1) is 10.2. The van der Waals surface area contributed by atoms with Gasteiger partial charge in [-0.3, -0.25) is 0 Å². The molecule has 0 fully saturated rings. The number of benzene rings is 1. The summed E-state index contributed by atoms with van der Waals surface area (Å²) < 4.78 is 5.76. The Kier molecular flexibility index (Phi) is 4.87. The van der Waals surface area contributed by atoms with E-state index in [9.17, 15) is 4.79 Å². The summed E-state index contributed by atoms with van der Waals surface area (Å²) in [6.45, 7) is 5.89. The quantitative estimate of drug-likeness (QED) is 0.859. The Bertz CT molecular complexity index is 597. The second kappa shape index (κ2) is 6.34. The third kappa shape index (κ3) is 4.27. The summed E-state index contributed by atoms with van der Waals surface area (Å²) in [7, 11) is 0. The van der Waals surface area contributed by atoms with Crippen molar-refractivity contribution in [1.29, 1.82) is 0 Å². The molecule has 1 aromatic rings. The average molecular weight is 345 g/mol. The Morgan fingerprint density at radius 3 is 2.50 bits per heavy atom. The van der Waals surface area contributed by atoms with E-state index in [1.54, 1.807) is 18.2 Å². The SMILES string of the molecule is CC1CC(C)(C)N=C(C(NC(=O)O)c2cc(Cl)cc(Cl)c2)O1. The van der Waals surface area contributed by atoms with E-state index in [2.05, 4.69) is 10.3 Å². The number of ether oxygens (including phenoxy) is 1. The van der Waals surface area contributed by atoms with Gasteiger partial charge in [-0.25, -0.2) is 9.79 Å². The largest absolute Gasteiger partial charge is 0.476 e. The topological polar surface area (TPSA) is 70.9 Å². The van der Waals surface area contributed by atoms with Crippen LogP contribution in [0.5, 0.6) is 0 Å². The highest BCUT2D eigenvalue weighted by Crippen LogP contribution is 2.30. The number of hydrogen-bond donors (Lipinski definition) is 2. The number of carbonyl (C=O) groups is 1. The van der Waals surface area contributed by atoms with Gasteiger partial charge in [0.1, 0.15) is 6.04 Å². The Labute approximate surface area is 139 Å². The molecule has 0 saturated carbocycles. The lowest BCUT2D eigenvalue weighted by atomic mass is 9.95. The molecule has 22 heavy (non-hydrogen) atoms. The summed E-state index contributed by atoms with van der Waals surface area (Å²) in [6, 6.07) is 4.12. The van der Waals surface area contributed by atoms with Crippen LogP contribution in [0.2, 0.25) is 10.0 Å². The Morgan fingerprint density at radius 2 is 2.00 bits per heavy atom. The fourth-order valence-electron chi connectivity index (χ4n) is 2.61. The Hall–Kier alpha value is -1.46. The lowest BCUT2D eigenvalue weighted by Crippen LogP contribution is -2.41. The van der Waals surface area contributed by atoms with Gasteiger partial charge in [-0.15, -0.1) is 0 Å². The molecule has 5 nitrogen and oxygen atoms in total. The zero-order valence-corrected chi connectivity index (χ0v) is 14.1. The fraction of sp³-hybridized carbons (Fsp3) is 0.467. The van der Waals surface area contributed by atoms with Gasteiger partial charge in [0.25, 0.3) is 0 Å². The number of aliphatic imine (C=N–C) groups is 1. The summed E-state index contributed by atoms with van der Waals surface area (Å²) in [5.41, 5.74) is 0.261. The van der Waals surface area contributed by atoms with E-state index in [0.717, 1.165) is 6.42 Å².